The third-order valence-corrected chi connectivity index (χ3v) is 6.10. The molecule has 1 amide bonds. The van der Waals surface area contributed by atoms with Gasteiger partial charge in [-0.05, 0) is 49.8 Å². The molecule has 1 fully saturated rings. The van der Waals surface area contributed by atoms with Gasteiger partial charge in [0.05, 0.1) is 18.1 Å². The SMILES string of the molecule is Cc1ccc(OCCCOc2ccc(Cl)cc2C=C2SC(=S)N(C)C2=O)c(C)c1. The number of amides is 1. The van der Waals surface area contributed by atoms with Gasteiger partial charge in [0.1, 0.15) is 15.8 Å². The average Bonchev–Trinajstić information content (AvgIpc) is 2.91. The van der Waals surface area contributed by atoms with E-state index in [1.165, 1.54) is 22.2 Å². The molecular weight excluding hydrogens is 426 g/mol. The van der Waals surface area contributed by atoms with Gasteiger partial charge >= 0.3 is 0 Å². The maximum atomic E-state index is 12.3. The Balaban J connectivity index is 1.60. The van der Waals surface area contributed by atoms with E-state index < -0.39 is 0 Å². The third kappa shape index (κ3) is 5.53. The second-order valence-electron chi connectivity index (χ2n) is 6.74. The molecule has 0 radical (unpaired) electrons. The van der Waals surface area contributed by atoms with E-state index in [1.54, 1.807) is 25.3 Å². The van der Waals surface area contributed by atoms with Gasteiger partial charge in [-0.1, -0.05) is 53.3 Å². The third-order valence-electron chi connectivity index (χ3n) is 4.38. The lowest BCUT2D eigenvalue weighted by molar-refractivity contribution is -0.121. The van der Waals surface area contributed by atoms with Gasteiger partial charge in [0.2, 0.25) is 0 Å². The largest absolute Gasteiger partial charge is 0.493 e. The molecule has 0 aromatic heterocycles. The lowest BCUT2D eigenvalue weighted by Crippen LogP contribution is -2.22. The Morgan fingerprint density at radius 2 is 1.79 bits per heavy atom. The molecule has 152 valence electrons. The molecule has 0 bridgehead atoms. The Hall–Kier alpha value is -2.02. The quantitative estimate of drug-likeness (QED) is 0.312. The number of nitrogens with zero attached hydrogens (tertiary/aromatic N) is 1. The molecule has 1 heterocycles. The number of hydrogen-bond donors (Lipinski definition) is 0. The maximum Gasteiger partial charge on any atom is 0.265 e. The smallest absolute Gasteiger partial charge is 0.265 e. The minimum Gasteiger partial charge on any atom is -0.493 e. The fourth-order valence-electron chi connectivity index (χ4n) is 2.83. The molecule has 4 nitrogen and oxygen atoms in total. The summed E-state index contributed by atoms with van der Waals surface area (Å²) in [6.45, 7) is 5.15. The molecule has 29 heavy (non-hydrogen) atoms. The van der Waals surface area contributed by atoms with Crippen LogP contribution in [0.3, 0.4) is 0 Å². The van der Waals surface area contributed by atoms with Gasteiger partial charge < -0.3 is 9.47 Å². The van der Waals surface area contributed by atoms with Crippen LogP contribution in [0.1, 0.15) is 23.1 Å². The molecular formula is C22H22ClNO3S2. The summed E-state index contributed by atoms with van der Waals surface area (Å²) in [5.74, 6) is 1.44. The summed E-state index contributed by atoms with van der Waals surface area (Å²) < 4.78 is 12.3. The van der Waals surface area contributed by atoms with Crippen molar-refractivity contribution in [3.05, 3.63) is 63.0 Å². The summed E-state index contributed by atoms with van der Waals surface area (Å²) in [5.41, 5.74) is 3.09. The normalized spacial score (nSPS) is 15.3. The van der Waals surface area contributed by atoms with Crippen LogP contribution in [-0.2, 0) is 4.79 Å². The van der Waals surface area contributed by atoms with Crippen molar-refractivity contribution in [2.24, 2.45) is 0 Å². The summed E-state index contributed by atoms with van der Waals surface area (Å²) in [6.07, 6.45) is 2.50. The summed E-state index contributed by atoms with van der Waals surface area (Å²) >= 11 is 12.6. The van der Waals surface area contributed by atoms with Crippen LogP contribution in [0.15, 0.2) is 41.3 Å². The van der Waals surface area contributed by atoms with Crippen molar-refractivity contribution in [3.63, 3.8) is 0 Å². The molecule has 1 aliphatic rings. The van der Waals surface area contributed by atoms with Crippen LogP contribution in [0.4, 0.5) is 0 Å². The maximum absolute atomic E-state index is 12.3. The highest BCUT2D eigenvalue weighted by Crippen LogP contribution is 2.34. The lowest BCUT2D eigenvalue weighted by atomic mass is 10.1. The van der Waals surface area contributed by atoms with Gasteiger partial charge in [0, 0.05) is 24.1 Å². The lowest BCUT2D eigenvalue weighted by Gasteiger charge is -2.12. The first-order valence-corrected chi connectivity index (χ1v) is 10.8. The van der Waals surface area contributed by atoms with E-state index in [-0.39, 0.29) is 5.91 Å². The van der Waals surface area contributed by atoms with Crippen molar-refractivity contribution in [1.29, 1.82) is 0 Å². The number of thioether (sulfide) groups is 1. The summed E-state index contributed by atoms with van der Waals surface area (Å²) in [7, 11) is 1.67. The molecule has 2 aromatic rings. The van der Waals surface area contributed by atoms with Crippen LogP contribution in [-0.4, -0.2) is 35.4 Å². The molecule has 1 saturated heterocycles. The van der Waals surface area contributed by atoms with Crippen molar-refractivity contribution in [2.75, 3.05) is 20.3 Å². The number of carbonyl (C=O) groups excluding carboxylic acids is 1. The van der Waals surface area contributed by atoms with Gasteiger partial charge in [0.25, 0.3) is 5.91 Å². The number of hydrogen-bond acceptors (Lipinski definition) is 5. The predicted molar refractivity (Wildman–Crippen MR) is 124 cm³/mol. The number of likely N-dealkylation sites (N-methyl/N-ethyl adjacent to an activating group) is 1. The van der Waals surface area contributed by atoms with E-state index in [0.717, 1.165) is 23.3 Å². The van der Waals surface area contributed by atoms with Crippen molar-refractivity contribution in [3.8, 4) is 11.5 Å². The second-order valence-corrected chi connectivity index (χ2v) is 8.85. The predicted octanol–water partition coefficient (Wildman–Crippen LogP) is 5.64. The van der Waals surface area contributed by atoms with Crippen molar-refractivity contribution < 1.29 is 14.3 Å². The topological polar surface area (TPSA) is 38.8 Å². The monoisotopic (exact) mass is 447 g/mol. The van der Waals surface area contributed by atoms with Gasteiger partial charge in [-0.25, -0.2) is 0 Å². The Labute approximate surface area is 185 Å². The highest BCUT2D eigenvalue weighted by molar-refractivity contribution is 8.26. The first-order chi connectivity index (χ1) is 13.8. The molecule has 0 atom stereocenters. The number of ether oxygens (including phenoxy) is 2. The minimum absolute atomic E-state index is 0.118. The molecule has 0 saturated carbocycles. The standard InChI is InChI=1S/C22H22ClNO3S2/c1-14-5-7-18(15(2)11-14)26-9-4-10-27-19-8-6-17(23)12-16(19)13-20-21(25)24(3)22(28)29-20/h5-8,11-13H,4,9-10H2,1-3H3. The van der Waals surface area contributed by atoms with Gasteiger partial charge in [0.15, 0.2) is 0 Å². The number of aryl methyl sites for hydroxylation is 2. The zero-order valence-electron chi connectivity index (χ0n) is 16.5. The number of carbonyl (C=O) groups is 1. The number of thiocarbonyl (C=S) groups is 1. The first kappa shape index (κ1) is 21.7. The van der Waals surface area contributed by atoms with Crippen LogP contribution in [0, 0.1) is 13.8 Å². The fraction of sp³-hybridized carbons (Fsp3) is 0.273. The first-order valence-electron chi connectivity index (χ1n) is 9.19. The Bertz CT molecular complexity index is 975. The summed E-state index contributed by atoms with van der Waals surface area (Å²) in [4.78, 5) is 14.3. The van der Waals surface area contributed by atoms with Crippen LogP contribution in [0.5, 0.6) is 11.5 Å². The zero-order valence-corrected chi connectivity index (χ0v) is 18.9. The second kappa shape index (κ2) is 9.65. The Morgan fingerprint density at radius 3 is 2.45 bits per heavy atom. The zero-order chi connectivity index (χ0) is 21.0. The summed E-state index contributed by atoms with van der Waals surface area (Å²) in [5, 5.41) is 0.578. The van der Waals surface area contributed by atoms with E-state index in [4.69, 9.17) is 33.3 Å². The van der Waals surface area contributed by atoms with Crippen molar-refractivity contribution >= 4 is 51.9 Å². The van der Waals surface area contributed by atoms with E-state index >= 15 is 0 Å². The van der Waals surface area contributed by atoms with Crippen molar-refractivity contribution in [1.82, 2.24) is 4.90 Å². The van der Waals surface area contributed by atoms with Gasteiger partial charge in [-0.15, -0.1) is 0 Å². The fourth-order valence-corrected chi connectivity index (χ4v) is 4.19. The molecule has 1 aliphatic heterocycles. The van der Waals surface area contributed by atoms with E-state index in [9.17, 15) is 4.79 Å². The highest BCUT2D eigenvalue weighted by atomic mass is 35.5. The number of rotatable bonds is 7. The Kier molecular flexibility index (Phi) is 7.22. The molecule has 0 aliphatic carbocycles. The van der Waals surface area contributed by atoms with Gasteiger partial charge in [-0.2, -0.15) is 0 Å². The molecule has 0 N–H and O–H groups in total. The minimum atomic E-state index is -0.118. The van der Waals surface area contributed by atoms with E-state index in [0.29, 0.717) is 33.2 Å². The summed E-state index contributed by atoms with van der Waals surface area (Å²) in [6, 6.07) is 11.5. The molecule has 2 aromatic carbocycles. The number of benzene rings is 2. The van der Waals surface area contributed by atoms with Crippen molar-refractivity contribution in [2.45, 2.75) is 20.3 Å². The van der Waals surface area contributed by atoms with Crippen LogP contribution in [0.25, 0.3) is 6.08 Å². The molecule has 3 rings (SSSR count). The van der Waals surface area contributed by atoms with Crippen LogP contribution < -0.4 is 9.47 Å². The van der Waals surface area contributed by atoms with Gasteiger partial charge in [-0.3, -0.25) is 9.69 Å². The molecule has 0 unspecified atom stereocenters. The van der Waals surface area contributed by atoms with E-state index in [2.05, 4.69) is 13.0 Å². The highest BCUT2D eigenvalue weighted by Gasteiger charge is 2.29. The number of halogens is 1. The molecule has 0 spiro atoms. The average molecular weight is 448 g/mol. The van der Waals surface area contributed by atoms with E-state index in [1.807, 2.05) is 25.1 Å². The molecule has 7 heteroatoms. The Morgan fingerprint density at radius 1 is 1.10 bits per heavy atom. The van der Waals surface area contributed by atoms with Crippen LogP contribution >= 0.6 is 35.6 Å². The van der Waals surface area contributed by atoms with Crippen LogP contribution in [0.2, 0.25) is 5.02 Å².